The van der Waals surface area contributed by atoms with Crippen LogP contribution in [0.4, 0.5) is 11.4 Å². The van der Waals surface area contributed by atoms with Crippen molar-refractivity contribution < 1.29 is 14.5 Å². The molecule has 0 aliphatic carbocycles. The van der Waals surface area contributed by atoms with Crippen molar-refractivity contribution in [3.8, 4) is 5.75 Å². The minimum absolute atomic E-state index is 0.123. The fourth-order valence-electron chi connectivity index (χ4n) is 1.90. The summed E-state index contributed by atoms with van der Waals surface area (Å²) >= 11 is 0. The van der Waals surface area contributed by atoms with E-state index in [4.69, 9.17) is 4.74 Å². The maximum Gasteiger partial charge on any atom is 0.293 e. The molecule has 0 amide bonds. The predicted octanol–water partition coefficient (Wildman–Crippen LogP) is 3.03. The lowest BCUT2D eigenvalue weighted by atomic mass is 10.1. The highest BCUT2D eigenvalue weighted by atomic mass is 16.6. The summed E-state index contributed by atoms with van der Waals surface area (Å²) in [6, 6.07) is 11.7. The standard InChI is InChI=1S/C15H14N2O4/c1-21-13-4-2-3-11(7-13)9-16-14-6-5-12(10-18)8-15(14)17(19)20/h2-8,10,16H,9H2,1H3. The van der Waals surface area contributed by atoms with Crippen LogP contribution in [0.5, 0.6) is 5.75 Å². The highest BCUT2D eigenvalue weighted by Gasteiger charge is 2.14. The topological polar surface area (TPSA) is 81.5 Å². The van der Waals surface area contributed by atoms with Crippen LogP contribution in [-0.2, 0) is 6.54 Å². The summed E-state index contributed by atoms with van der Waals surface area (Å²) in [6.45, 7) is 0.415. The van der Waals surface area contributed by atoms with Crippen LogP contribution in [0.1, 0.15) is 15.9 Å². The molecule has 2 aromatic carbocycles. The maximum atomic E-state index is 11.0. The third-order valence-corrected chi connectivity index (χ3v) is 2.97. The fourth-order valence-corrected chi connectivity index (χ4v) is 1.90. The van der Waals surface area contributed by atoms with E-state index in [0.29, 0.717) is 18.5 Å². The molecule has 2 aromatic rings. The maximum absolute atomic E-state index is 11.0. The molecule has 0 atom stereocenters. The van der Waals surface area contributed by atoms with Gasteiger partial charge in [0.15, 0.2) is 0 Å². The van der Waals surface area contributed by atoms with E-state index < -0.39 is 4.92 Å². The van der Waals surface area contributed by atoms with Gasteiger partial charge in [-0.2, -0.15) is 0 Å². The van der Waals surface area contributed by atoms with Crippen molar-refractivity contribution in [2.45, 2.75) is 6.54 Å². The first-order chi connectivity index (χ1) is 10.1. The van der Waals surface area contributed by atoms with E-state index in [1.54, 1.807) is 7.11 Å². The number of methoxy groups -OCH3 is 1. The molecule has 0 spiro atoms. The van der Waals surface area contributed by atoms with E-state index in [1.807, 2.05) is 24.3 Å². The molecule has 6 nitrogen and oxygen atoms in total. The third-order valence-electron chi connectivity index (χ3n) is 2.97. The Kier molecular flexibility index (Phi) is 4.50. The van der Waals surface area contributed by atoms with Crippen LogP contribution in [0.15, 0.2) is 42.5 Å². The summed E-state index contributed by atoms with van der Waals surface area (Å²) in [5.41, 5.74) is 1.45. The summed E-state index contributed by atoms with van der Waals surface area (Å²) in [5.74, 6) is 0.722. The highest BCUT2D eigenvalue weighted by molar-refractivity contribution is 5.79. The van der Waals surface area contributed by atoms with Crippen LogP contribution in [-0.4, -0.2) is 18.3 Å². The molecule has 1 N–H and O–H groups in total. The van der Waals surface area contributed by atoms with E-state index in [-0.39, 0.29) is 11.3 Å². The SMILES string of the molecule is COc1cccc(CNc2ccc(C=O)cc2[N+](=O)[O-])c1. The normalized spacial score (nSPS) is 9.95. The van der Waals surface area contributed by atoms with E-state index in [1.165, 1.54) is 18.2 Å². The molecule has 0 aliphatic heterocycles. The molecule has 0 saturated heterocycles. The van der Waals surface area contributed by atoms with Crippen LogP contribution < -0.4 is 10.1 Å². The zero-order chi connectivity index (χ0) is 15.2. The van der Waals surface area contributed by atoms with Gasteiger partial charge in [-0.3, -0.25) is 14.9 Å². The van der Waals surface area contributed by atoms with Crippen molar-refractivity contribution in [2.75, 3.05) is 12.4 Å². The average molecular weight is 286 g/mol. The van der Waals surface area contributed by atoms with Crippen molar-refractivity contribution in [3.63, 3.8) is 0 Å². The number of carbonyl (C=O) groups excluding carboxylic acids is 1. The zero-order valence-corrected chi connectivity index (χ0v) is 11.4. The third kappa shape index (κ3) is 3.56. The molecule has 0 bridgehead atoms. The molecular weight excluding hydrogens is 272 g/mol. The number of ether oxygens (including phenoxy) is 1. The average Bonchev–Trinajstić information content (AvgIpc) is 2.52. The van der Waals surface area contributed by atoms with Gasteiger partial charge in [0.2, 0.25) is 0 Å². The summed E-state index contributed by atoms with van der Waals surface area (Å²) < 4.78 is 5.12. The molecule has 0 fully saturated rings. The Bertz CT molecular complexity index is 670. The Balaban J connectivity index is 2.19. The molecule has 0 saturated carbocycles. The Morgan fingerprint density at radius 3 is 2.76 bits per heavy atom. The highest BCUT2D eigenvalue weighted by Crippen LogP contribution is 2.26. The van der Waals surface area contributed by atoms with Gasteiger partial charge < -0.3 is 10.1 Å². The number of hydrogen-bond acceptors (Lipinski definition) is 5. The van der Waals surface area contributed by atoms with Gasteiger partial charge >= 0.3 is 0 Å². The lowest BCUT2D eigenvalue weighted by Gasteiger charge is -2.08. The molecule has 0 aromatic heterocycles. The van der Waals surface area contributed by atoms with E-state index in [2.05, 4.69) is 5.32 Å². The van der Waals surface area contributed by atoms with Crippen LogP contribution in [0.3, 0.4) is 0 Å². The summed E-state index contributed by atoms with van der Waals surface area (Å²) in [6.07, 6.45) is 0.582. The summed E-state index contributed by atoms with van der Waals surface area (Å²) in [4.78, 5) is 21.2. The van der Waals surface area contributed by atoms with E-state index >= 15 is 0 Å². The Hall–Kier alpha value is -2.89. The first-order valence-corrected chi connectivity index (χ1v) is 6.24. The first kappa shape index (κ1) is 14.5. The van der Waals surface area contributed by atoms with Crippen molar-refractivity contribution in [2.24, 2.45) is 0 Å². The Labute approximate surface area is 121 Å². The number of nitrogens with zero attached hydrogens (tertiary/aromatic N) is 1. The number of hydrogen-bond donors (Lipinski definition) is 1. The fraction of sp³-hybridized carbons (Fsp3) is 0.133. The zero-order valence-electron chi connectivity index (χ0n) is 11.4. The molecular formula is C15H14N2O4. The molecule has 0 aliphatic rings. The number of nitrogens with one attached hydrogen (secondary N) is 1. The Morgan fingerprint density at radius 1 is 1.29 bits per heavy atom. The molecule has 0 heterocycles. The van der Waals surface area contributed by atoms with E-state index in [9.17, 15) is 14.9 Å². The number of rotatable bonds is 6. The summed E-state index contributed by atoms with van der Waals surface area (Å²) in [5, 5.41) is 14.0. The second-order valence-electron chi connectivity index (χ2n) is 4.36. The number of aldehydes is 1. The van der Waals surface area contributed by atoms with Crippen molar-refractivity contribution in [1.82, 2.24) is 0 Å². The van der Waals surface area contributed by atoms with Crippen molar-refractivity contribution in [3.05, 3.63) is 63.7 Å². The molecule has 0 radical (unpaired) electrons. The van der Waals surface area contributed by atoms with Gasteiger partial charge in [-0.1, -0.05) is 12.1 Å². The number of anilines is 1. The smallest absolute Gasteiger partial charge is 0.293 e. The van der Waals surface area contributed by atoms with Gasteiger partial charge in [0.05, 0.1) is 12.0 Å². The van der Waals surface area contributed by atoms with Crippen LogP contribution in [0.2, 0.25) is 0 Å². The minimum Gasteiger partial charge on any atom is -0.497 e. The largest absolute Gasteiger partial charge is 0.497 e. The number of nitro benzene ring substituents is 1. The number of nitro groups is 1. The molecule has 2 rings (SSSR count). The van der Waals surface area contributed by atoms with Gasteiger partial charge in [0.1, 0.15) is 17.7 Å². The van der Waals surface area contributed by atoms with Crippen LogP contribution in [0.25, 0.3) is 0 Å². The lowest BCUT2D eigenvalue weighted by Crippen LogP contribution is -2.03. The number of benzene rings is 2. The second kappa shape index (κ2) is 6.51. The van der Waals surface area contributed by atoms with Crippen molar-refractivity contribution in [1.29, 1.82) is 0 Å². The molecule has 108 valence electrons. The first-order valence-electron chi connectivity index (χ1n) is 6.24. The quantitative estimate of drug-likeness (QED) is 0.501. The molecule has 6 heteroatoms. The van der Waals surface area contributed by atoms with Gasteiger partial charge in [-0.25, -0.2) is 0 Å². The van der Waals surface area contributed by atoms with Crippen molar-refractivity contribution >= 4 is 17.7 Å². The van der Waals surface area contributed by atoms with Crippen LogP contribution >= 0.6 is 0 Å². The molecule has 21 heavy (non-hydrogen) atoms. The van der Waals surface area contributed by atoms with Gasteiger partial charge in [0.25, 0.3) is 5.69 Å². The Morgan fingerprint density at radius 2 is 2.10 bits per heavy atom. The summed E-state index contributed by atoms with van der Waals surface area (Å²) in [7, 11) is 1.58. The second-order valence-corrected chi connectivity index (χ2v) is 4.36. The lowest BCUT2D eigenvalue weighted by molar-refractivity contribution is -0.384. The van der Waals surface area contributed by atoms with E-state index in [0.717, 1.165) is 11.3 Å². The van der Waals surface area contributed by atoms with Gasteiger partial charge in [0, 0.05) is 18.2 Å². The molecule has 0 unspecified atom stereocenters. The minimum atomic E-state index is -0.513. The number of carbonyl (C=O) groups is 1. The monoisotopic (exact) mass is 286 g/mol. The predicted molar refractivity (Wildman–Crippen MR) is 78.8 cm³/mol. The van der Waals surface area contributed by atoms with Crippen LogP contribution in [0, 0.1) is 10.1 Å². The van der Waals surface area contributed by atoms with Gasteiger partial charge in [-0.15, -0.1) is 0 Å². The van der Waals surface area contributed by atoms with Gasteiger partial charge in [-0.05, 0) is 29.8 Å².